The largest absolute Gasteiger partial charge is 0.373 e. The lowest BCUT2D eigenvalue weighted by Gasteiger charge is -2.20. The Balaban J connectivity index is 2.02. The summed E-state index contributed by atoms with van der Waals surface area (Å²) in [5.74, 6) is 1.82. The van der Waals surface area contributed by atoms with Crippen LogP contribution in [-0.2, 0) is 11.3 Å². The van der Waals surface area contributed by atoms with Gasteiger partial charge >= 0.3 is 0 Å². The molecule has 2 rings (SSSR count). The van der Waals surface area contributed by atoms with Crippen LogP contribution in [0.1, 0.15) is 38.3 Å². The summed E-state index contributed by atoms with van der Waals surface area (Å²) in [5, 5.41) is 3.03. The number of aromatic nitrogens is 1. The number of anilines is 1. The maximum Gasteiger partial charge on any atom is 0.222 e. The van der Waals surface area contributed by atoms with Crippen molar-refractivity contribution < 1.29 is 4.79 Å². The van der Waals surface area contributed by atoms with Crippen molar-refractivity contribution in [2.24, 2.45) is 5.92 Å². The Labute approximate surface area is 115 Å². The van der Waals surface area contributed by atoms with E-state index in [1.807, 2.05) is 30.1 Å². The van der Waals surface area contributed by atoms with E-state index in [2.05, 4.69) is 17.2 Å². The van der Waals surface area contributed by atoms with E-state index in [1.165, 1.54) is 6.42 Å². The standard InChI is InChI=1S/C15H23N3O/c1-3-12-7-8-15(19)18(10-9-12)11-13-5-4-6-14(16-2)17-13/h4-6,12H,3,7-11H2,1-2H3,(H,16,17). The van der Waals surface area contributed by atoms with Gasteiger partial charge in [-0.25, -0.2) is 4.98 Å². The number of likely N-dealkylation sites (tertiary alicyclic amines) is 1. The summed E-state index contributed by atoms with van der Waals surface area (Å²) in [6.07, 6.45) is 4.02. The first-order valence-electron chi connectivity index (χ1n) is 7.14. The number of rotatable bonds is 4. The van der Waals surface area contributed by atoms with Crippen LogP contribution in [0.2, 0.25) is 0 Å². The fourth-order valence-corrected chi connectivity index (χ4v) is 2.57. The first kappa shape index (κ1) is 13.8. The molecule has 4 nitrogen and oxygen atoms in total. The minimum Gasteiger partial charge on any atom is -0.373 e. The van der Waals surface area contributed by atoms with Crippen molar-refractivity contribution in [3.05, 3.63) is 23.9 Å². The molecular formula is C15H23N3O. The lowest BCUT2D eigenvalue weighted by molar-refractivity contribution is -0.131. The fourth-order valence-electron chi connectivity index (χ4n) is 2.57. The number of carbonyl (C=O) groups is 1. The van der Waals surface area contributed by atoms with Gasteiger partial charge in [-0.3, -0.25) is 4.79 Å². The summed E-state index contributed by atoms with van der Waals surface area (Å²) >= 11 is 0. The normalized spacial score (nSPS) is 20.2. The summed E-state index contributed by atoms with van der Waals surface area (Å²) in [6.45, 7) is 3.70. The molecule has 1 saturated heterocycles. The van der Waals surface area contributed by atoms with E-state index >= 15 is 0 Å². The number of hydrogen-bond acceptors (Lipinski definition) is 3. The van der Waals surface area contributed by atoms with Gasteiger partial charge in [-0.05, 0) is 30.9 Å². The molecule has 1 atom stereocenters. The van der Waals surface area contributed by atoms with Gasteiger partial charge in [0.2, 0.25) is 5.91 Å². The maximum absolute atomic E-state index is 12.1. The third kappa shape index (κ3) is 3.69. The van der Waals surface area contributed by atoms with Crippen molar-refractivity contribution in [3.8, 4) is 0 Å². The molecule has 1 amide bonds. The maximum atomic E-state index is 12.1. The second-order valence-electron chi connectivity index (χ2n) is 5.18. The molecule has 0 radical (unpaired) electrons. The molecule has 104 valence electrons. The van der Waals surface area contributed by atoms with Gasteiger partial charge < -0.3 is 10.2 Å². The zero-order chi connectivity index (χ0) is 13.7. The number of hydrogen-bond donors (Lipinski definition) is 1. The van der Waals surface area contributed by atoms with E-state index in [4.69, 9.17) is 0 Å². The van der Waals surface area contributed by atoms with E-state index in [0.29, 0.717) is 18.9 Å². The highest BCUT2D eigenvalue weighted by atomic mass is 16.2. The highest BCUT2D eigenvalue weighted by molar-refractivity contribution is 5.76. The summed E-state index contributed by atoms with van der Waals surface area (Å²) in [5.41, 5.74) is 0.954. The number of pyridine rings is 1. The molecule has 1 aromatic heterocycles. The van der Waals surface area contributed by atoms with Crippen LogP contribution in [0.25, 0.3) is 0 Å². The minimum atomic E-state index is 0.271. The predicted molar refractivity (Wildman–Crippen MR) is 76.8 cm³/mol. The van der Waals surface area contributed by atoms with E-state index in [0.717, 1.165) is 30.9 Å². The smallest absolute Gasteiger partial charge is 0.222 e. The highest BCUT2D eigenvalue weighted by Crippen LogP contribution is 2.22. The molecule has 0 saturated carbocycles. The van der Waals surface area contributed by atoms with Crippen molar-refractivity contribution in [1.29, 1.82) is 0 Å². The highest BCUT2D eigenvalue weighted by Gasteiger charge is 2.21. The molecule has 4 heteroatoms. The molecule has 1 aliphatic rings. The number of nitrogens with one attached hydrogen (secondary N) is 1. The van der Waals surface area contributed by atoms with Crippen molar-refractivity contribution in [2.75, 3.05) is 18.9 Å². The van der Waals surface area contributed by atoms with Gasteiger partial charge in [-0.2, -0.15) is 0 Å². The summed E-state index contributed by atoms with van der Waals surface area (Å²) in [6, 6.07) is 5.89. The lowest BCUT2D eigenvalue weighted by Crippen LogP contribution is -2.30. The Morgan fingerprint density at radius 1 is 1.42 bits per heavy atom. The van der Waals surface area contributed by atoms with Crippen LogP contribution in [-0.4, -0.2) is 29.4 Å². The molecule has 2 heterocycles. The molecule has 0 aromatic carbocycles. The molecule has 1 aliphatic heterocycles. The molecular weight excluding hydrogens is 238 g/mol. The van der Waals surface area contributed by atoms with Crippen LogP contribution in [0, 0.1) is 5.92 Å². The minimum absolute atomic E-state index is 0.271. The third-order valence-electron chi connectivity index (χ3n) is 3.92. The topological polar surface area (TPSA) is 45.2 Å². The van der Waals surface area contributed by atoms with Crippen LogP contribution in [0.3, 0.4) is 0 Å². The van der Waals surface area contributed by atoms with Crippen LogP contribution < -0.4 is 5.32 Å². The molecule has 1 N–H and O–H groups in total. The van der Waals surface area contributed by atoms with Crippen LogP contribution in [0.4, 0.5) is 5.82 Å². The molecule has 1 fully saturated rings. The average Bonchev–Trinajstić information content (AvgIpc) is 2.62. The Morgan fingerprint density at radius 3 is 3.00 bits per heavy atom. The quantitative estimate of drug-likeness (QED) is 0.906. The van der Waals surface area contributed by atoms with E-state index < -0.39 is 0 Å². The van der Waals surface area contributed by atoms with Gasteiger partial charge in [0.25, 0.3) is 0 Å². The van der Waals surface area contributed by atoms with E-state index in [1.54, 1.807) is 0 Å². The number of nitrogens with zero attached hydrogens (tertiary/aromatic N) is 2. The van der Waals surface area contributed by atoms with E-state index in [9.17, 15) is 4.79 Å². The van der Waals surface area contributed by atoms with E-state index in [-0.39, 0.29) is 5.91 Å². The van der Waals surface area contributed by atoms with Gasteiger partial charge in [0, 0.05) is 20.0 Å². The molecule has 19 heavy (non-hydrogen) atoms. The first-order valence-corrected chi connectivity index (χ1v) is 7.14. The van der Waals surface area contributed by atoms with Gasteiger partial charge in [-0.1, -0.05) is 19.4 Å². The molecule has 1 unspecified atom stereocenters. The average molecular weight is 261 g/mol. The second-order valence-corrected chi connectivity index (χ2v) is 5.18. The number of amides is 1. The van der Waals surface area contributed by atoms with Crippen molar-refractivity contribution in [3.63, 3.8) is 0 Å². The second kappa shape index (κ2) is 6.55. The van der Waals surface area contributed by atoms with Gasteiger partial charge in [0.1, 0.15) is 5.82 Å². The predicted octanol–water partition coefficient (Wildman–Crippen LogP) is 2.66. The molecule has 0 aliphatic carbocycles. The Kier molecular flexibility index (Phi) is 4.77. The summed E-state index contributed by atoms with van der Waals surface area (Å²) < 4.78 is 0. The van der Waals surface area contributed by atoms with Crippen LogP contribution >= 0.6 is 0 Å². The van der Waals surface area contributed by atoms with Crippen molar-refractivity contribution in [1.82, 2.24) is 9.88 Å². The van der Waals surface area contributed by atoms with Crippen LogP contribution in [0.5, 0.6) is 0 Å². The van der Waals surface area contributed by atoms with Gasteiger partial charge in [0.15, 0.2) is 0 Å². The first-order chi connectivity index (χ1) is 9.22. The van der Waals surface area contributed by atoms with Gasteiger partial charge in [0.05, 0.1) is 12.2 Å². The molecule has 0 bridgehead atoms. The fraction of sp³-hybridized carbons (Fsp3) is 0.600. The SMILES string of the molecule is CCC1CCC(=O)N(Cc2cccc(NC)n2)CC1. The third-order valence-corrected chi connectivity index (χ3v) is 3.92. The molecule has 0 spiro atoms. The van der Waals surface area contributed by atoms with Crippen LogP contribution in [0.15, 0.2) is 18.2 Å². The van der Waals surface area contributed by atoms with Gasteiger partial charge in [-0.15, -0.1) is 0 Å². The van der Waals surface area contributed by atoms with Crippen molar-refractivity contribution in [2.45, 2.75) is 39.2 Å². The Bertz CT molecular complexity index is 433. The lowest BCUT2D eigenvalue weighted by atomic mass is 9.98. The van der Waals surface area contributed by atoms with Crippen molar-refractivity contribution >= 4 is 11.7 Å². The zero-order valence-corrected chi connectivity index (χ0v) is 11.9. The Hall–Kier alpha value is -1.58. The summed E-state index contributed by atoms with van der Waals surface area (Å²) in [7, 11) is 1.86. The Morgan fingerprint density at radius 2 is 2.26 bits per heavy atom. The zero-order valence-electron chi connectivity index (χ0n) is 11.9. The number of carbonyl (C=O) groups excluding carboxylic acids is 1. The summed E-state index contributed by atoms with van der Waals surface area (Å²) in [4.78, 5) is 18.6. The monoisotopic (exact) mass is 261 g/mol. The molecule has 1 aromatic rings.